The monoisotopic (exact) mass is 338 g/mol. The summed E-state index contributed by atoms with van der Waals surface area (Å²) in [6.45, 7) is 4.18. The molecule has 0 unspecified atom stereocenters. The van der Waals surface area contributed by atoms with Crippen LogP contribution in [0.15, 0.2) is 29.4 Å². The highest BCUT2D eigenvalue weighted by Crippen LogP contribution is 2.08. The predicted octanol–water partition coefficient (Wildman–Crippen LogP) is 0.238. The summed E-state index contributed by atoms with van der Waals surface area (Å²) in [5.41, 5.74) is 2.91. The molecule has 0 spiro atoms. The SMILES string of the molecule is O=C(NCCN1CCOCC1)C(=O)N/N=C\c1cccc(Cl)c1. The van der Waals surface area contributed by atoms with Crippen molar-refractivity contribution < 1.29 is 14.3 Å². The zero-order valence-electron chi connectivity index (χ0n) is 12.6. The molecular formula is C15H19ClN4O3. The third-order valence-electron chi connectivity index (χ3n) is 3.25. The van der Waals surface area contributed by atoms with Crippen molar-refractivity contribution in [1.29, 1.82) is 0 Å². The highest BCUT2D eigenvalue weighted by molar-refractivity contribution is 6.35. The fourth-order valence-corrected chi connectivity index (χ4v) is 2.23. The number of ether oxygens (including phenoxy) is 1. The fraction of sp³-hybridized carbons (Fsp3) is 0.400. The number of nitrogens with zero attached hydrogens (tertiary/aromatic N) is 2. The third-order valence-corrected chi connectivity index (χ3v) is 3.49. The molecule has 1 aromatic rings. The molecule has 1 aliphatic rings. The Hall–Kier alpha value is -1.96. The molecule has 8 heteroatoms. The Morgan fingerprint density at radius 3 is 2.83 bits per heavy atom. The molecule has 1 fully saturated rings. The van der Waals surface area contributed by atoms with Crippen LogP contribution in [0.4, 0.5) is 0 Å². The molecular weight excluding hydrogens is 320 g/mol. The Bertz CT molecular complexity index is 574. The summed E-state index contributed by atoms with van der Waals surface area (Å²) >= 11 is 5.83. The van der Waals surface area contributed by atoms with Crippen LogP contribution in [-0.4, -0.2) is 62.3 Å². The summed E-state index contributed by atoms with van der Waals surface area (Å²) in [6, 6.07) is 6.98. The zero-order valence-corrected chi connectivity index (χ0v) is 13.4. The summed E-state index contributed by atoms with van der Waals surface area (Å²) in [5, 5.41) is 6.86. The van der Waals surface area contributed by atoms with E-state index in [1.165, 1.54) is 6.21 Å². The van der Waals surface area contributed by atoms with Gasteiger partial charge in [-0.15, -0.1) is 0 Å². The summed E-state index contributed by atoms with van der Waals surface area (Å²) in [5.74, 6) is -1.51. The summed E-state index contributed by atoms with van der Waals surface area (Å²) < 4.78 is 5.24. The Morgan fingerprint density at radius 2 is 2.09 bits per heavy atom. The Kier molecular flexibility index (Phi) is 6.99. The first-order valence-corrected chi connectivity index (χ1v) is 7.70. The molecule has 0 saturated carbocycles. The molecule has 1 heterocycles. The van der Waals surface area contributed by atoms with Crippen molar-refractivity contribution in [3.63, 3.8) is 0 Å². The number of hydrogen-bond acceptors (Lipinski definition) is 5. The fourth-order valence-electron chi connectivity index (χ4n) is 2.04. The topological polar surface area (TPSA) is 83.0 Å². The van der Waals surface area contributed by atoms with E-state index in [0.29, 0.717) is 31.3 Å². The van der Waals surface area contributed by atoms with Crippen LogP contribution >= 0.6 is 11.6 Å². The van der Waals surface area contributed by atoms with Gasteiger partial charge in [0.15, 0.2) is 0 Å². The number of amides is 2. The quantitative estimate of drug-likeness (QED) is 0.457. The van der Waals surface area contributed by atoms with Gasteiger partial charge in [-0.2, -0.15) is 5.10 Å². The molecule has 2 amide bonds. The van der Waals surface area contributed by atoms with Crippen molar-refractivity contribution >= 4 is 29.6 Å². The standard InChI is InChI=1S/C15H19ClN4O3/c16-13-3-1-2-12(10-13)11-18-19-15(22)14(21)17-4-5-20-6-8-23-9-7-20/h1-3,10-11H,4-9H2,(H,17,21)(H,19,22)/b18-11-. The van der Waals surface area contributed by atoms with Crippen LogP contribution in [-0.2, 0) is 14.3 Å². The average Bonchev–Trinajstić information content (AvgIpc) is 2.55. The third kappa shape index (κ3) is 6.35. The number of halogens is 1. The van der Waals surface area contributed by atoms with E-state index in [0.717, 1.165) is 18.7 Å². The van der Waals surface area contributed by atoms with Crippen molar-refractivity contribution in [2.24, 2.45) is 5.10 Å². The number of hydrazone groups is 1. The molecule has 0 aliphatic carbocycles. The lowest BCUT2D eigenvalue weighted by Gasteiger charge is -2.26. The van der Waals surface area contributed by atoms with Crippen LogP contribution in [0.1, 0.15) is 5.56 Å². The molecule has 1 saturated heterocycles. The molecule has 23 heavy (non-hydrogen) atoms. The maximum atomic E-state index is 11.6. The van der Waals surface area contributed by atoms with Gasteiger partial charge in [0, 0.05) is 31.2 Å². The molecule has 0 bridgehead atoms. The van der Waals surface area contributed by atoms with Gasteiger partial charge in [-0.1, -0.05) is 23.7 Å². The summed E-state index contributed by atoms with van der Waals surface area (Å²) in [4.78, 5) is 25.4. The van der Waals surface area contributed by atoms with Crippen LogP contribution in [0.2, 0.25) is 5.02 Å². The number of carbonyl (C=O) groups is 2. The Morgan fingerprint density at radius 1 is 1.30 bits per heavy atom. The first-order valence-electron chi connectivity index (χ1n) is 7.32. The number of hydrogen-bond donors (Lipinski definition) is 2. The van der Waals surface area contributed by atoms with Crippen LogP contribution in [0.5, 0.6) is 0 Å². The molecule has 0 radical (unpaired) electrons. The minimum Gasteiger partial charge on any atom is -0.379 e. The first-order chi connectivity index (χ1) is 11.1. The van der Waals surface area contributed by atoms with Crippen molar-refractivity contribution in [3.05, 3.63) is 34.9 Å². The number of rotatable bonds is 5. The Balaban J connectivity index is 1.67. The van der Waals surface area contributed by atoms with E-state index in [1.807, 2.05) is 0 Å². The minimum absolute atomic E-state index is 0.407. The summed E-state index contributed by atoms with van der Waals surface area (Å²) in [7, 11) is 0. The lowest BCUT2D eigenvalue weighted by atomic mass is 10.2. The van der Waals surface area contributed by atoms with Crippen LogP contribution in [0.25, 0.3) is 0 Å². The normalized spacial score (nSPS) is 15.5. The van der Waals surface area contributed by atoms with Gasteiger partial charge >= 0.3 is 11.8 Å². The molecule has 1 aliphatic heterocycles. The molecule has 124 valence electrons. The number of morpholine rings is 1. The number of nitrogens with one attached hydrogen (secondary N) is 2. The highest BCUT2D eigenvalue weighted by Gasteiger charge is 2.14. The van der Waals surface area contributed by atoms with Gasteiger partial charge in [-0.3, -0.25) is 14.5 Å². The molecule has 0 aromatic heterocycles. The molecule has 1 aromatic carbocycles. The van der Waals surface area contributed by atoms with Crippen molar-refractivity contribution in [2.45, 2.75) is 0 Å². The highest BCUT2D eigenvalue weighted by atomic mass is 35.5. The van der Waals surface area contributed by atoms with E-state index in [1.54, 1.807) is 24.3 Å². The van der Waals surface area contributed by atoms with E-state index in [-0.39, 0.29) is 0 Å². The first kappa shape index (κ1) is 17.4. The maximum absolute atomic E-state index is 11.6. The van der Waals surface area contributed by atoms with Crippen molar-refractivity contribution in [1.82, 2.24) is 15.6 Å². The lowest BCUT2D eigenvalue weighted by Crippen LogP contribution is -2.44. The van der Waals surface area contributed by atoms with Gasteiger partial charge in [0.05, 0.1) is 19.4 Å². The number of carbonyl (C=O) groups excluding carboxylic acids is 2. The second kappa shape index (κ2) is 9.24. The molecule has 0 atom stereocenters. The van der Waals surface area contributed by atoms with Crippen molar-refractivity contribution in [3.8, 4) is 0 Å². The van der Waals surface area contributed by atoms with Gasteiger partial charge < -0.3 is 10.1 Å². The number of benzene rings is 1. The molecule has 2 N–H and O–H groups in total. The van der Waals surface area contributed by atoms with Crippen LogP contribution < -0.4 is 10.7 Å². The second-order valence-electron chi connectivity index (χ2n) is 4.96. The van der Waals surface area contributed by atoms with Crippen LogP contribution in [0.3, 0.4) is 0 Å². The smallest absolute Gasteiger partial charge is 0.329 e. The Labute approximate surface area is 139 Å². The van der Waals surface area contributed by atoms with Crippen molar-refractivity contribution in [2.75, 3.05) is 39.4 Å². The summed E-state index contributed by atoms with van der Waals surface area (Å²) in [6.07, 6.45) is 1.42. The van der Waals surface area contributed by atoms with Gasteiger partial charge in [0.2, 0.25) is 0 Å². The molecule has 7 nitrogen and oxygen atoms in total. The van der Waals surface area contributed by atoms with Gasteiger partial charge in [0.25, 0.3) is 0 Å². The zero-order chi connectivity index (χ0) is 16.5. The van der Waals surface area contributed by atoms with E-state index in [4.69, 9.17) is 16.3 Å². The minimum atomic E-state index is -0.801. The van der Waals surface area contributed by atoms with E-state index < -0.39 is 11.8 Å². The van der Waals surface area contributed by atoms with E-state index in [9.17, 15) is 9.59 Å². The maximum Gasteiger partial charge on any atom is 0.329 e. The largest absolute Gasteiger partial charge is 0.379 e. The van der Waals surface area contributed by atoms with Gasteiger partial charge in [0.1, 0.15) is 0 Å². The van der Waals surface area contributed by atoms with Gasteiger partial charge in [-0.25, -0.2) is 5.43 Å². The van der Waals surface area contributed by atoms with E-state index in [2.05, 4.69) is 20.7 Å². The van der Waals surface area contributed by atoms with E-state index >= 15 is 0 Å². The predicted molar refractivity (Wildman–Crippen MR) is 87.5 cm³/mol. The second-order valence-corrected chi connectivity index (χ2v) is 5.40. The lowest BCUT2D eigenvalue weighted by molar-refractivity contribution is -0.139. The molecule has 2 rings (SSSR count). The van der Waals surface area contributed by atoms with Gasteiger partial charge in [-0.05, 0) is 17.7 Å². The average molecular weight is 339 g/mol. The van der Waals surface area contributed by atoms with Crippen LogP contribution in [0, 0.1) is 0 Å².